The number of amides is 3. The number of aliphatic hydroxyl groups excluding tert-OH is 2. The number of carboxylic acid groups (broad SMARTS) is 1. The van der Waals surface area contributed by atoms with E-state index < -0.39 is 54.5 Å². The zero-order valence-electron chi connectivity index (χ0n) is 23.0. The number of benzene rings is 1. The highest BCUT2D eigenvalue weighted by molar-refractivity contribution is 5.90. The van der Waals surface area contributed by atoms with Gasteiger partial charge in [-0.3, -0.25) is 19.2 Å². The number of hydrogen-bond donors (Lipinski definition) is 7. The van der Waals surface area contributed by atoms with Crippen LogP contribution in [0, 0.1) is 11.8 Å². The molecule has 11 nitrogen and oxygen atoms in total. The number of hydrogen-bond acceptors (Lipinski definition) is 7. The van der Waals surface area contributed by atoms with Crippen LogP contribution >= 0.6 is 0 Å². The minimum absolute atomic E-state index is 0.00209. The van der Waals surface area contributed by atoms with Crippen molar-refractivity contribution < 1.29 is 34.5 Å². The molecule has 222 valence electrons. The van der Waals surface area contributed by atoms with Crippen molar-refractivity contribution in [1.82, 2.24) is 16.0 Å². The third-order valence-corrected chi connectivity index (χ3v) is 7.83. The summed E-state index contributed by atoms with van der Waals surface area (Å²) in [6.45, 7) is -0.00209. The smallest absolute Gasteiger partial charge is 0.321 e. The lowest BCUT2D eigenvalue weighted by Gasteiger charge is -2.32. The molecule has 0 spiro atoms. The summed E-state index contributed by atoms with van der Waals surface area (Å²) in [5.41, 5.74) is 6.24. The van der Waals surface area contributed by atoms with E-state index in [2.05, 4.69) is 16.0 Å². The van der Waals surface area contributed by atoms with E-state index in [9.17, 15) is 29.4 Å². The Balaban J connectivity index is 1.54. The lowest BCUT2D eigenvalue weighted by Crippen LogP contribution is -2.51. The first-order chi connectivity index (χ1) is 19.1. The van der Waals surface area contributed by atoms with Crippen molar-refractivity contribution >= 4 is 23.7 Å². The summed E-state index contributed by atoms with van der Waals surface area (Å²) >= 11 is 0. The maximum Gasteiger partial charge on any atom is 0.321 e. The quantitative estimate of drug-likeness (QED) is 0.153. The molecule has 0 bridgehead atoms. The second-order valence-corrected chi connectivity index (χ2v) is 11.2. The van der Waals surface area contributed by atoms with Gasteiger partial charge in [0.25, 0.3) is 0 Å². The summed E-state index contributed by atoms with van der Waals surface area (Å²) < 4.78 is 0. The zero-order valence-corrected chi connectivity index (χ0v) is 23.0. The van der Waals surface area contributed by atoms with Gasteiger partial charge in [-0.05, 0) is 36.7 Å². The number of carbonyl (C=O) groups is 4. The molecular formula is C29H44N4O7. The van der Waals surface area contributed by atoms with E-state index in [1.54, 1.807) is 24.3 Å². The highest BCUT2D eigenvalue weighted by Gasteiger charge is 2.39. The molecule has 1 unspecified atom stereocenters. The average molecular weight is 561 g/mol. The van der Waals surface area contributed by atoms with Crippen LogP contribution < -0.4 is 21.7 Å². The van der Waals surface area contributed by atoms with Gasteiger partial charge in [0.05, 0.1) is 18.6 Å². The molecule has 0 aliphatic heterocycles. The van der Waals surface area contributed by atoms with Gasteiger partial charge in [0.1, 0.15) is 18.2 Å². The fourth-order valence-electron chi connectivity index (χ4n) is 5.32. The largest absolute Gasteiger partial charge is 0.480 e. The van der Waals surface area contributed by atoms with E-state index in [4.69, 9.17) is 10.8 Å². The van der Waals surface area contributed by atoms with Crippen LogP contribution in [0.25, 0.3) is 0 Å². The number of aliphatic carboxylic acids is 1. The van der Waals surface area contributed by atoms with Crippen molar-refractivity contribution in [3.63, 3.8) is 0 Å². The van der Waals surface area contributed by atoms with Gasteiger partial charge < -0.3 is 37.0 Å². The van der Waals surface area contributed by atoms with Gasteiger partial charge in [-0.15, -0.1) is 0 Å². The number of nitrogens with two attached hydrogens (primary N) is 1. The molecular weight excluding hydrogens is 516 g/mol. The molecule has 3 amide bonds. The van der Waals surface area contributed by atoms with E-state index in [0.717, 1.165) is 44.1 Å². The Morgan fingerprint density at radius 2 is 1.60 bits per heavy atom. The SMILES string of the molecule is NC(CC(=O)N[C@@H](Cc1ccccc1)C(=O)NCCC(=O)N[C@@H](CC1CCCCC1)[C@@H](O)[C@@H](O)C1CC1)C(=O)O. The second-order valence-electron chi connectivity index (χ2n) is 11.2. The van der Waals surface area contributed by atoms with Crippen molar-refractivity contribution in [1.29, 1.82) is 0 Å². The summed E-state index contributed by atoms with van der Waals surface area (Å²) in [6.07, 6.45) is 5.61. The van der Waals surface area contributed by atoms with Crippen LogP contribution in [0.3, 0.4) is 0 Å². The monoisotopic (exact) mass is 560 g/mol. The molecule has 3 rings (SSSR count). The molecule has 40 heavy (non-hydrogen) atoms. The summed E-state index contributed by atoms with van der Waals surface area (Å²) in [5.74, 6) is -2.39. The van der Waals surface area contributed by atoms with Crippen LogP contribution in [-0.2, 0) is 25.6 Å². The van der Waals surface area contributed by atoms with E-state index in [1.165, 1.54) is 6.42 Å². The van der Waals surface area contributed by atoms with Crippen LogP contribution in [0.5, 0.6) is 0 Å². The highest BCUT2D eigenvalue weighted by Crippen LogP contribution is 2.36. The maximum atomic E-state index is 13.0. The highest BCUT2D eigenvalue weighted by atomic mass is 16.4. The summed E-state index contributed by atoms with van der Waals surface area (Å²) in [6, 6.07) is 6.08. The lowest BCUT2D eigenvalue weighted by molar-refractivity contribution is -0.140. The molecule has 11 heteroatoms. The van der Waals surface area contributed by atoms with Gasteiger partial charge in [0.15, 0.2) is 0 Å². The fourth-order valence-corrected chi connectivity index (χ4v) is 5.32. The fraction of sp³-hybridized carbons (Fsp3) is 0.655. The van der Waals surface area contributed by atoms with Crippen LogP contribution in [-0.4, -0.2) is 75.9 Å². The Bertz CT molecular complexity index is 982. The first-order valence-corrected chi connectivity index (χ1v) is 14.4. The molecule has 0 heterocycles. The van der Waals surface area contributed by atoms with Crippen molar-refractivity contribution in [2.24, 2.45) is 17.6 Å². The Morgan fingerprint density at radius 1 is 0.925 bits per heavy atom. The molecule has 1 aromatic carbocycles. The van der Waals surface area contributed by atoms with Gasteiger partial charge in [-0.2, -0.15) is 0 Å². The number of carboxylic acids is 1. The molecule has 1 aromatic rings. The summed E-state index contributed by atoms with van der Waals surface area (Å²) in [4.78, 5) is 49.1. The molecule has 2 fully saturated rings. The normalized spacial score (nSPS) is 19.5. The van der Waals surface area contributed by atoms with Crippen LogP contribution in [0.1, 0.15) is 69.8 Å². The summed E-state index contributed by atoms with van der Waals surface area (Å²) in [5, 5.41) is 38.5. The lowest BCUT2D eigenvalue weighted by atomic mass is 9.82. The molecule has 0 radical (unpaired) electrons. The van der Waals surface area contributed by atoms with E-state index >= 15 is 0 Å². The van der Waals surface area contributed by atoms with Crippen molar-refractivity contribution in [3.05, 3.63) is 35.9 Å². The first-order valence-electron chi connectivity index (χ1n) is 14.4. The standard InChI is InChI=1S/C29H44N4O7/c30-21(29(39)40)17-25(35)33-23(16-19-9-5-2-6-10-19)28(38)31-14-13-24(34)32-22(15-18-7-3-1-4-8-18)27(37)26(36)20-11-12-20/h2,5-6,9-10,18,20-23,26-27,36-37H,1,3-4,7-8,11-17,30H2,(H,31,38)(H,32,34)(H,33,35)(H,39,40)/t21?,22-,23-,26-,27+/m0/s1. The topological polar surface area (TPSA) is 191 Å². The molecule has 8 N–H and O–H groups in total. The predicted octanol–water partition coefficient (Wildman–Crippen LogP) is 0.609. The number of rotatable bonds is 16. The van der Waals surface area contributed by atoms with Crippen molar-refractivity contribution in [2.45, 2.75) is 101 Å². The average Bonchev–Trinajstić information content (AvgIpc) is 3.78. The van der Waals surface area contributed by atoms with Gasteiger partial charge in [0, 0.05) is 19.4 Å². The molecule has 0 saturated heterocycles. The third-order valence-electron chi connectivity index (χ3n) is 7.83. The summed E-state index contributed by atoms with van der Waals surface area (Å²) in [7, 11) is 0. The molecule has 2 aliphatic carbocycles. The van der Waals surface area contributed by atoms with Gasteiger partial charge in [0.2, 0.25) is 17.7 Å². The molecule has 2 aliphatic rings. The Morgan fingerprint density at radius 3 is 2.23 bits per heavy atom. The van der Waals surface area contributed by atoms with Crippen LogP contribution in [0.15, 0.2) is 30.3 Å². The minimum atomic E-state index is -1.39. The van der Waals surface area contributed by atoms with Crippen molar-refractivity contribution in [2.75, 3.05) is 6.54 Å². The van der Waals surface area contributed by atoms with Gasteiger partial charge in [-0.1, -0.05) is 62.4 Å². The molecule has 0 aromatic heterocycles. The molecule has 5 atom stereocenters. The van der Waals surface area contributed by atoms with Crippen LogP contribution in [0.4, 0.5) is 0 Å². The predicted molar refractivity (Wildman–Crippen MR) is 148 cm³/mol. The van der Waals surface area contributed by atoms with Gasteiger partial charge in [-0.25, -0.2) is 0 Å². The second kappa shape index (κ2) is 15.7. The minimum Gasteiger partial charge on any atom is -0.480 e. The Labute approximate surface area is 235 Å². The Kier molecular flexibility index (Phi) is 12.4. The third kappa shape index (κ3) is 10.5. The number of nitrogens with one attached hydrogen (secondary N) is 3. The first kappa shape index (κ1) is 31.5. The Hall–Kier alpha value is -3.02. The molecule has 2 saturated carbocycles. The van der Waals surface area contributed by atoms with Gasteiger partial charge >= 0.3 is 5.97 Å². The van der Waals surface area contributed by atoms with E-state index in [-0.39, 0.29) is 31.2 Å². The van der Waals surface area contributed by atoms with E-state index in [1.807, 2.05) is 6.07 Å². The maximum absolute atomic E-state index is 13.0. The number of carbonyl (C=O) groups excluding carboxylic acids is 3. The zero-order chi connectivity index (χ0) is 29.1. The van der Waals surface area contributed by atoms with Crippen molar-refractivity contribution in [3.8, 4) is 0 Å². The van der Waals surface area contributed by atoms with Crippen LogP contribution in [0.2, 0.25) is 0 Å². The van der Waals surface area contributed by atoms with E-state index in [0.29, 0.717) is 12.3 Å². The number of aliphatic hydroxyl groups is 2.